The number of rotatable bonds is 8. The van der Waals surface area contributed by atoms with Crippen LogP contribution < -0.4 is 10.2 Å². The number of para-hydroxylation sites is 1. The zero-order chi connectivity index (χ0) is 14.3. The lowest BCUT2D eigenvalue weighted by molar-refractivity contribution is -0.383. The standard InChI is InChI=1S/C12H19N3O4/c1-13-10-4-3-5-11(12(10)15(17)18)14(6-8-16)7-9-19-2/h3-5,13,16H,6-9H2,1-2H3. The average Bonchev–Trinajstić information content (AvgIpc) is 2.42. The van der Waals surface area contributed by atoms with E-state index in [1.807, 2.05) is 0 Å². The van der Waals surface area contributed by atoms with Crippen molar-refractivity contribution in [3.63, 3.8) is 0 Å². The van der Waals surface area contributed by atoms with Crippen LogP contribution in [0, 0.1) is 10.1 Å². The molecule has 19 heavy (non-hydrogen) atoms. The van der Waals surface area contributed by atoms with Gasteiger partial charge in [-0.1, -0.05) is 6.07 Å². The van der Waals surface area contributed by atoms with E-state index in [1.165, 1.54) is 0 Å². The summed E-state index contributed by atoms with van der Waals surface area (Å²) in [5, 5.41) is 23.1. The molecule has 0 heterocycles. The number of nitro benzene ring substituents is 1. The Labute approximate surface area is 111 Å². The largest absolute Gasteiger partial charge is 0.395 e. The first-order valence-corrected chi connectivity index (χ1v) is 5.95. The molecule has 0 fully saturated rings. The Balaban J connectivity index is 3.16. The van der Waals surface area contributed by atoms with E-state index < -0.39 is 4.92 Å². The van der Waals surface area contributed by atoms with Crippen molar-refractivity contribution in [3.05, 3.63) is 28.3 Å². The molecule has 0 aliphatic rings. The van der Waals surface area contributed by atoms with Gasteiger partial charge in [-0.05, 0) is 12.1 Å². The fraction of sp³-hybridized carbons (Fsp3) is 0.500. The maximum absolute atomic E-state index is 11.2. The van der Waals surface area contributed by atoms with E-state index in [1.54, 1.807) is 37.3 Å². The molecule has 7 nitrogen and oxygen atoms in total. The first-order valence-electron chi connectivity index (χ1n) is 5.95. The fourth-order valence-electron chi connectivity index (χ4n) is 1.86. The minimum absolute atomic E-state index is 0.00885. The number of ether oxygens (including phenoxy) is 1. The molecule has 0 saturated carbocycles. The third-order valence-corrected chi connectivity index (χ3v) is 2.74. The minimum atomic E-state index is -0.418. The monoisotopic (exact) mass is 269 g/mol. The van der Waals surface area contributed by atoms with E-state index in [0.717, 1.165) is 0 Å². The number of hydrogen-bond acceptors (Lipinski definition) is 6. The molecule has 0 radical (unpaired) electrons. The number of nitrogens with one attached hydrogen (secondary N) is 1. The second-order valence-electron chi connectivity index (χ2n) is 3.88. The van der Waals surface area contributed by atoms with Crippen LogP contribution >= 0.6 is 0 Å². The molecule has 2 N–H and O–H groups in total. The van der Waals surface area contributed by atoms with Gasteiger partial charge in [-0.15, -0.1) is 0 Å². The normalized spacial score (nSPS) is 10.3. The smallest absolute Gasteiger partial charge is 0.315 e. The molecule has 0 spiro atoms. The van der Waals surface area contributed by atoms with Crippen LogP contribution in [-0.2, 0) is 4.74 Å². The van der Waals surface area contributed by atoms with Crippen LogP contribution in [0.4, 0.5) is 17.1 Å². The van der Waals surface area contributed by atoms with E-state index in [0.29, 0.717) is 31.1 Å². The molecule has 0 saturated heterocycles. The van der Waals surface area contributed by atoms with E-state index in [-0.39, 0.29) is 12.3 Å². The van der Waals surface area contributed by atoms with Crippen molar-refractivity contribution >= 4 is 17.1 Å². The van der Waals surface area contributed by atoms with Gasteiger partial charge in [0.25, 0.3) is 0 Å². The highest BCUT2D eigenvalue weighted by Gasteiger charge is 2.22. The van der Waals surface area contributed by atoms with Gasteiger partial charge in [0.2, 0.25) is 0 Å². The van der Waals surface area contributed by atoms with Gasteiger partial charge >= 0.3 is 5.69 Å². The van der Waals surface area contributed by atoms with Crippen molar-refractivity contribution in [2.24, 2.45) is 0 Å². The van der Waals surface area contributed by atoms with Gasteiger partial charge in [-0.2, -0.15) is 0 Å². The number of nitro groups is 1. The number of aliphatic hydroxyl groups is 1. The summed E-state index contributed by atoms with van der Waals surface area (Å²) < 4.78 is 4.99. The first-order chi connectivity index (χ1) is 9.15. The Hall–Kier alpha value is -1.86. The topological polar surface area (TPSA) is 87.9 Å². The highest BCUT2D eigenvalue weighted by Crippen LogP contribution is 2.34. The Bertz CT molecular complexity index is 425. The lowest BCUT2D eigenvalue weighted by Gasteiger charge is -2.23. The second kappa shape index (κ2) is 7.55. The zero-order valence-corrected chi connectivity index (χ0v) is 11.1. The predicted octanol–water partition coefficient (Wildman–Crippen LogP) is 1.08. The lowest BCUT2D eigenvalue weighted by atomic mass is 10.2. The number of hydrogen-bond donors (Lipinski definition) is 2. The van der Waals surface area contributed by atoms with Gasteiger partial charge in [-0.3, -0.25) is 10.1 Å². The number of benzene rings is 1. The fourth-order valence-corrected chi connectivity index (χ4v) is 1.86. The third kappa shape index (κ3) is 3.80. The summed E-state index contributed by atoms with van der Waals surface area (Å²) in [7, 11) is 3.20. The number of nitrogens with zero attached hydrogens (tertiary/aromatic N) is 2. The predicted molar refractivity (Wildman–Crippen MR) is 73.8 cm³/mol. The van der Waals surface area contributed by atoms with Crippen LogP contribution in [0.1, 0.15) is 0 Å². The van der Waals surface area contributed by atoms with E-state index in [9.17, 15) is 10.1 Å². The van der Waals surface area contributed by atoms with Crippen molar-refractivity contribution in [3.8, 4) is 0 Å². The number of anilines is 2. The summed E-state index contributed by atoms with van der Waals surface area (Å²) in [6, 6.07) is 5.06. The SMILES string of the molecule is CNc1cccc(N(CCO)CCOC)c1[N+](=O)[O-]. The summed E-state index contributed by atoms with van der Waals surface area (Å²) in [4.78, 5) is 12.5. The second-order valence-corrected chi connectivity index (χ2v) is 3.88. The quantitative estimate of drug-likeness (QED) is 0.542. The summed E-state index contributed by atoms with van der Waals surface area (Å²) in [6.07, 6.45) is 0. The molecule has 0 aliphatic carbocycles. The van der Waals surface area contributed by atoms with E-state index in [2.05, 4.69) is 5.32 Å². The molecule has 1 aromatic rings. The molecule has 1 aromatic carbocycles. The average molecular weight is 269 g/mol. The molecule has 0 aliphatic heterocycles. The number of methoxy groups -OCH3 is 1. The lowest BCUT2D eigenvalue weighted by Crippen LogP contribution is -2.30. The molecule has 7 heteroatoms. The Morgan fingerprint density at radius 3 is 2.74 bits per heavy atom. The van der Waals surface area contributed by atoms with Crippen LogP contribution in [0.15, 0.2) is 18.2 Å². The molecule has 0 atom stereocenters. The minimum Gasteiger partial charge on any atom is -0.395 e. The van der Waals surface area contributed by atoms with Crippen LogP contribution in [-0.4, -0.2) is 50.5 Å². The summed E-state index contributed by atoms with van der Waals surface area (Å²) in [5.41, 5.74) is 0.931. The molecule has 106 valence electrons. The van der Waals surface area contributed by atoms with Crippen molar-refractivity contribution in [1.82, 2.24) is 0 Å². The van der Waals surface area contributed by atoms with Gasteiger partial charge in [0.05, 0.1) is 18.1 Å². The van der Waals surface area contributed by atoms with Gasteiger partial charge in [0.1, 0.15) is 11.4 Å². The van der Waals surface area contributed by atoms with Gasteiger partial charge in [0.15, 0.2) is 0 Å². The molecule has 0 aromatic heterocycles. The highest BCUT2D eigenvalue weighted by atomic mass is 16.6. The van der Waals surface area contributed by atoms with Gasteiger partial charge < -0.3 is 20.1 Å². The molecule has 0 unspecified atom stereocenters. The van der Waals surface area contributed by atoms with Gasteiger partial charge in [-0.25, -0.2) is 0 Å². The Morgan fingerprint density at radius 1 is 1.47 bits per heavy atom. The van der Waals surface area contributed by atoms with Crippen LogP contribution in [0.5, 0.6) is 0 Å². The Kier molecular flexibility index (Phi) is 6.04. The van der Waals surface area contributed by atoms with Gasteiger partial charge in [0, 0.05) is 27.2 Å². The van der Waals surface area contributed by atoms with Crippen molar-refractivity contribution in [1.29, 1.82) is 0 Å². The molecule has 0 amide bonds. The summed E-state index contributed by atoms with van der Waals surface area (Å²) in [5.74, 6) is 0. The van der Waals surface area contributed by atoms with E-state index in [4.69, 9.17) is 9.84 Å². The third-order valence-electron chi connectivity index (χ3n) is 2.74. The maximum atomic E-state index is 11.2. The van der Waals surface area contributed by atoms with Crippen molar-refractivity contribution in [2.75, 3.05) is 50.7 Å². The van der Waals surface area contributed by atoms with Crippen LogP contribution in [0.2, 0.25) is 0 Å². The van der Waals surface area contributed by atoms with Crippen molar-refractivity contribution in [2.45, 2.75) is 0 Å². The molecular weight excluding hydrogens is 250 g/mol. The van der Waals surface area contributed by atoms with E-state index >= 15 is 0 Å². The van der Waals surface area contributed by atoms with Crippen LogP contribution in [0.25, 0.3) is 0 Å². The van der Waals surface area contributed by atoms with Crippen LogP contribution in [0.3, 0.4) is 0 Å². The Morgan fingerprint density at radius 2 is 2.21 bits per heavy atom. The molecular formula is C12H19N3O4. The number of aliphatic hydroxyl groups excluding tert-OH is 1. The molecule has 0 bridgehead atoms. The summed E-state index contributed by atoms with van der Waals surface area (Å²) >= 11 is 0. The zero-order valence-electron chi connectivity index (χ0n) is 11.1. The summed E-state index contributed by atoms with van der Waals surface area (Å²) in [6.45, 7) is 1.15. The highest BCUT2D eigenvalue weighted by molar-refractivity contribution is 5.76. The molecule has 1 rings (SSSR count). The van der Waals surface area contributed by atoms with Crippen molar-refractivity contribution < 1.29 is 14.8 Å². The first kappa shape index (κ1) is 15.2. The maximum Gasteiger partial charge on any atom is 0.315 e.